The van der Waals surface area contributed by atoms with E-state index < -0.39 is 0 Å². The number of benzene rings is 1. The monoisotopic (exact) mass is 351 g/mol. The highest BCUT2D eigenvalue weighted by Crippen LogP contribution is 2.27. The van der Waals surface area contributed by atoms with Crippen LogP contribution in [0.15, 0.2) is 30.3 Å². The van der Waals surface area contributed by atoms with E-state index in [1.807, 2.05) is 37.3 Å². The summed E-state index contributed by atoms with van der Waals surface area (Å²) in [5.41, 5.74) is 7.22. The molecule has 1 aliphatic heterocycles. The van der Waals surface area contributed by atoms with Gasteiger partial charge >= 0.3 is 0 Å². The Morgan fingerprint density at radius 1 is 1.21 bits per heavy atom. The number of hydrogen-bond donors (Lipinski definition) is 2. The van der Waals surface area contributed by atoms with Crippen LogP contribution < -0.4 is 11.1 Å². The van der Waals surface area contributed by atoms with Crippen LogP contribution in [0.3, 0.4) is 0 Å². The van der Waals surface area contributed by atoms with E-state index in [-0.39, 0.29) is 42.2 Å². The highest BCUT2D eigenvalue weighted by Gasteiger charge is 2.39. The van der Waals surface area contributed by atoms with Gasteiger partial charge in [-0.25, -0.2) is 0 Å². The van der Waals surface area contributed by atoms with Crippen molar-refractivity contribution >= 4 is 24.2 Å². The summed E-state index contributed by atoms with van der Waals surface area (Å²) in [6, 6.07) is 9.31. The summed E-state index contributed by atoms with van der Waals surface area (Å²) in [6.45, 7) is 2.50. The molecule has 0 spiro atoms. The van der Waals surface area contributed by atoms with E-state index in [9.17, 15) is 9.59 Å². The van der Waals surface area contributed by atoms with E-state index in [1.54, 1.807) is 4.90 Å². The molecule has 24 heavy (non-hydrogen) atoms. The number of carbonyl (C=O) groups is 2. The van der Waals surface area contributed by atoms with Crippen molar-refractivity contribution in [3.8, 4) is 0 Å². The zero-order valence-electron chi connectivity index (χ0n) is 14.0. The first-order valence-electron chi connectivity index (χ1n) is 8.49. The summed E-state index contributed by atoms with van der Waals surface area (Å²) in [6.07, 6.45) is 3.74. The fourth-order valence-electron chi connectivity index (χ4n) is 3.21. The second kappa shape index (κ2) is 7.99. The third-order valence-electron chi connectivity index (χ3n) is 4.87. The second-order valence-corrected chi connectivity index (χ2v) is 6.70. The van der Waals surface area contributed by atoms with Gasteiger partial charge in [0.1, 0.15) is 6.04 Å². The second-order valence-electron chi connectivity index (χ2n) is 6.70. The molecule has 3 unspecified atom stereocenters. The van der Waals surface area contributed by atoms with Gasteiger partial charge in [0.2, 0.25) is 11.8 Å². The van der Waals surface area contributed by atoms with Crippen molar-refractivity contribution < 1.29 is 9.59 Å². The van der Waals surface area contributed by atoms with E-state index in [1.165, 1.54) is 0 Å². The number of halogens is 1. The van der Waals surface area contributed by atoms with Crippen LogP contribution in [-0.2, 0) is 9.59 Å². The third kappa shape index (κ3) is 4.08. The molecule has 3 N–H and O–H groups in total. The summed E-state index contributed by atoms with van der Waals surface area (Å²) in [5, 5.41) is 3.02. The average Bonchev–Trinajstić information content (AvgIpc) is 3.25. The van der Waals surface area contributed by atoms with Crippen LogP contribution >= 0.6 is 12.4 Å². The Morgan fingerprint density at radius 2 is 1.88 bits per heavy atom. The first-order chi connectivity index (χ1) is 11.1. The number of nitrogens with two attached hydrogens (primary N) is 1. The largest absolute Gasteiger partial charge is 0.352 e. The van der Waals surface area contributed by atoms with Crippen molar-refractivity contribution in [1.29, 1.82) is 0 Å². The Kier molecular flexibility index (Phi) is 6.24. The number of likely N-dealkylation sites (tertiary alicyclic amines) is 1. The molecule has 0 radical (unpaired) electrons. The predicted octanol–water partition coefficient (Wildman–Crippen LogP) is 2.01. The maximum Gasteiger partial charge on any atom is 0.243 e. The molecule has 2 amide bonds. The van der Waals surface area contributed by atoms with Gasteiger partial charge in [-0.05, 0) is 31.2 Å². The average molecular weight is 352 g/mol. The highest BCUT2D eigenvalue weighted by molar-refractivity contribution is 5.89. The summed E-state index contributed by atoms with van der Waals surface area (Å²) in [5.74, 6) is -0.361. The van der Waals surface area contributed by atoms with Crippen molar-refractivity contribution in [3.05, 3.63) is 35.9 Å². The van der Waals surface area contributed by atoms with Gasteiger partial charge in [-0.3, -0.25) is 9.59 Å². The first-order valence-corrected chi connectivity index (χ1v) is 8.49. The molecule has 1 aliphatic carbocycles. The predicted molar refractivity (Wildman–Crippen MR) is 95.7 cm³/mol. The van der Waals surface area contributed by atoms with Crippen LogP contribution in [0.25, 0.3) is 0 Å². The number of amides is 2. The highest BCUT2D eigenvalue weighted by atomic mass is 35.5. The first kappa shape index (κ1) is 18.7. The summed E-state index contributed by atoms with van der Waals surface area (Å²) < 4.78 is 0. The van der Waals surface area contributed by atoms with Crippen molar-refractivity contribution in [2.75, 3.05) is 6.54 Å². The van der Waals surface area contributed by atoms with Crippen LogP contribution in [0.5, 0.6) is 0 Å². The van der Waals surface area contributed by atoms with Crippen molar-refractivity contribution in [2.24, 2.45) is 11.7 Å². The quantitative estimate of drug-likeness (QED) is 0.852. The van der Waals surface area contributed by atoms with Crippen molar-refractivity contribution in [1.82, 2.24) is 10.2 Å². The SMILES string of the molecule is CC(C(=O)N1CCCC1C(=O)NC1CC1)C(N)c1ccccc1.Cl. The van der Waals surface area contributed by atoms with Crippen LogP contribution in [0.4, 0.5) is 0 Å². The van der Waals surface area contributed by atoms with Gasteiger partial charge in [-0.15, -0.1) is 12.4 Å². The van der Waals surface area contributed by atoms with Gasteiger partial charge in [0.15, 0.2) is 0 Å². The van der Waals surface area contributed by atoms with Crippen LogP contribution in [-0.4, -0.2) is 35.3 Å². The maximum absolute atomic E-state index is 12.8. The van der Waals surface area contributed by atoms with Crippen molar-refractivity contribution in [3.63, 3.8) is 0 Å². The minimum Gasteiger partial charge on any atom is -0.352 e. The molecular weight excluding hydrogens is 326 g/mol. The normalized spacial score (nSPS) is 22.4. The van der Waals surface area contributed by atoms with E-state index >= 15 is 0 Å². The summed E-state index contributed by atoms with van der Waals surface area (Å²) in [4.78, 5) is 26.9. The minimum absolute atomic E-state index is 0. The smallest absolute Gasteiger partial charge is 0.243 e. The van der Waals surface area contributed by atoms with E-state index in [0.29, 0.717) is 12.6 Å². The molecule has 2 aliphatic rings. The molecular formula is C18H26ClN3O2. The Balaban J connectivity index is 0.00000208. The Labute approximate surface area is 149 Å². The molecule has 1 heterocycles. The van der Waals surface area contributed by atoms with Gasteiger partial charge in [0, 0.05) is 18.6 Å². The zero-order valence-corrected chi connectivity index (χ0v) is 14.8. The standard InChI is InChI=1S/C18H25N3O2.ClH/c1-12(16(19)13-6-3-2-4-7-13)18(23)21-11-5-8-15(21)17(22)20-14-9-10-14;/h2-4,6-7,12,14-16H,5,8-11,19H2,1H3,(H,20,22);1H. The molecule has 1 saturated carbocycles. The van der Waals surface area contributed by atoms with Gasteiger partial charge < -0.3 is 16.0 Å². The van der Waals surface area contributed by atoms with Crippen LogP contribution in [0.1, 0.15) is 44.2 Å². The van der Waals surface area contributed by atoms with Gasteiger partial charge in [0.05, 0.1) is 5.92 Å². The lowest BCUT2D eigenvalue weighted by molar-refractivity contribution is -0.141. The van der Waals surface area contributed by atoms with E-state index in [2.05, 4.69) is 5.32 Å². The van der Waals surface area contributed by atoms with Crippen LogP contribution in [0.2, 0.25) is 0 Å². The van der Waals surface area contributed by atoms with Gasteiger partial charge in [0.25, 0.3) is 0 Å². The van der Waals surface area contributed by atoms with Crippen LogP contribution in [0, 0.1) is 5.92 Å². The fourth-order valence-corrected chi connectivity index (χ4v) is 3.21. The molecule has 3 rings (SSSR count). The fraction of sp³-hybridized carbons (Fsp3) is 0.556. The molecule has 0 bridgehead atoms. The topological polar surface area (TPSA) is 75.4 Å². The third-order valence-corrected chi connectivity index (χ3v) is 4.87. The van der Waals surface area contributed by atoms with Gasteiger partial charge in [-0.2, -0.15) is 0 Å². The lowest BCUT2D eigenvalue weighted by Crippen LogP contribution is -2.49. The summed E-state index contributed by atoms with van der Waals surface area (Å²) in [7, 11) is 0. The number of nitrogens with one attached hydrogen (secondary N) is 1. The maximum atomic E-state index is 12.8. The number of hydrogen-bond acceptors (Lipinski definition) is 3. The number of nitrogens with zero attached hydrogens (tertiary/aromatic N) is 1. The molecule has 6 heteroatoms. The van der Waals surface area contributed by atoms with Crippen molar-refractivity contribution in [2.45, 2.75) is 50.7 Å². The Hall–Kier alpha value is -1.59. The molecule has 2 fully saturated rings. The molecule has 5 nitrogen and oxygen atoms in total. The molecule has 1 saturated heterocycles. The Bertz CT molecular complexity index is 577. The molecule has 0 aromatic heterocycles. The lowest BCUT2D eigenvalue weighted by Gasteiger charge is -2.29. The number of rotatable bonds is 5. The number of carbonyl (C=O) groups excluding carboxylic acids is 2. The molecule has 1 aromatic rings. The van der Waals surface area contributed by atoms with E-state index in [0.717, 1.165) is 31.2 Å². The molecule has 3 atom stereocenters. The Morgan fingerprint density at radius 3 is 2.50 bits per heavy atom. The summed E-state index contributed by atoms with van der Waals surface area (Å²) >= 11 is 0. The molecule has 1 aromatic carbocycles. The minimum atomic E-state index is -0.351. The van der Waals surface area contributed by atoms with E-state index in [4.69, 9.17) is 5.73 Å². The molecule has 132 valence electrons. The lowest BCUT2D eigenvalue weighted by atomic mass is 9.94. The zero-order chi connectivity index (χ0) is 16.4. The van der Waals surface area contributed by atoms with Gasteiger partial charge in [-0.1, -0.05) is 37.3 Å².